The molecule has 43 heavy (non-hydrogen) atoms. The maximum atomic E-state index is 13.5. The van der Waals surface area contributed by atoms with Gasteiger partial charge in [0, 0.05) is 18.4 Å². The first-order chi connectivity index (χ1) is 20.2. The molecule has 3 aromatic rings. The molecule has 0 aliphatic carbocycles. The van der Waals surface area contributed by atoms with Gasteiger partial charge >= 0.3 is 5.97 Å². The van der Waals surface area contributed by atoms with E-state index in [-0.39, 0.29) is 35.1 Å². The fourth-order valence-electron chi connectivity index (χ4n) is 6.68. The Morgan fingerprint density at radius 2 is 1.33 bits per heavy atom. The summed E-state index contributed by atoms with van der Waals surface area (Å²) in [4.78, 5) is 13.5. The van der Waals surface area contributed by atoms with Crippen LogP contribution in [-0.4, -0.2) is 38.9 Å². The van der Waals surface area contributed by atoms with Crippen molar-refractivity contribution in [3.63, 3.8) is 0 Å². The number of esters is 1. The molecular weight excluding hydrogens is 552 g/mol. The minimum absolute atomic E-state index is 0.0455. The van der Waals surface area contributed by atoms with E-state index >= 15 is 0 Å². The maximum absolute atomic E-state index is 13.5. The van der Waals surface area contributed by atoms with Gasteiger partial charge in [0.2, 0.25) is 0 Å². The number of carbonyl (C=O) groups is 1. The Kier molecular flexibility index (Phi) is 10.1. The molecule has 1 aliphatic heterocycles. The third-order valence-electron chi connectivity index (χ3n) is 8.89. The number of benzene rings is 3. The van der Waals surface area contributed by atoms with Crippen LogP contribution < -0.4 is 15.1 Å². The molecule has 1 aliphatic rings. The summed E-state index contributed by atoms with van der Waals surface area (Å²) in [5.74, 6) is -1.02. The minimum atomic E-state index is -2.71. The summed E-state index contributed by atoms with van der Waals surface area (Å²) in [5.41, 5.74) is 1.88. The van der Waals surface area contributed by atoms with Crippen molar-refractivity contribution in [1.29, 1.82) is 0 Å². The number of ether oxygens (including phenoxy) is 3. The highest BCUT2D eigenvalue weighted by molar-refractivity contribution is 6.99. The van der Waals surface area contributed by atoms with Gasteiger partial charge in [-0.1, -0.05) is 113 Å². The molecule has 0 radical (unpaired) electrons. The van der Waals surface area contributed by atoms with E-state index in [0.717, 1.165) is 11.1 Å². The summed E-state index contributed by atoms with van der Waals surface area (Å²) < 4.78 is 26.2. The van der Waals surface area contributed by atoms with Crippen molar-refractivity contribution in [3.05, 3.63) is 90.0 Å². The average molecular weight is 603 g/mol. The first-order valence-electron chi connectivity index (χ1n) is 15.6. The van der Waals surface area contributed by atoms with Crippen molar-refractivity contribution >= 4 is 24.7 Å². The molecule has 1 heterocycles. The summed E-state index contributed by atoms with van der Waals surface area (Å²) in [6.07, 6.45) is -0.552. The minimum Gasteiger partial charge on any atom is -0.426 e. The molecule has 5 atom stereocenters. The van der Waals surface area contributed by atoms with Gasteiger partial charge in [0.1, 0.15) is 5.75 Å². The van der Waals surface area contributed by atoms with Crippen LogP contribution in [0.5, 0.6) is 5.75 Å². The lowest BCUT2D eigenvalue weighted by Gasteiger charge is -2.49. The largest absolute Gasteiger partial charge is 0.426 e. The lowest BCUT2D eigenvalue weighted by molar-refractivity contribution is -0.333. The van der Waals surface area contributed by atoms with Crippen LogP contribution in [0.3, 0.4) is 0 Å². The number of hydrogen-bond acceptors (Lipinski definition) is 5. The van der Waals surface area contributed by atoms with Crippen molar-refractivity contribution < 1.29 is 23.4 Å². The molecule has 0 amide bonds. The van der Waals surface area contributed by atoms with Crippen molar-refractivity contribution in [2.75, 3.05) is 6.61 Å². The van der Waals surface area contributed by atoms with Gasteiger partial charge in [0.15, 0.2) is 5.79 Å². The Morgan fingerprint density at radius 1 is 0.837 bits per heavy atom. The van der Waals surface area contributed by atoms with Crippen LogP contribution in [-0.2, 0) is 18.7 Å². The molecule has 0 N–H and O–H groups in total. The highest BCUT2D eigenvalue weighted by Crippen LogP contribution is 2.40. The van der Waals surface area contributed by atoms with Crippen molar-refractivity contribution in [2.45, 2.75) is 92.3 Å². The summed E-state index contributed by atoms with van der Waals surface area (Å²) >= 11 is 0. The third-order valence-corrected chi connectivity index (χ3v) is 13.9. The smallest absolute Gasteiger partial charge is 0.316 e. The Bertz CT molecular complexity index is 1310. The van der Waals surface area contributed by atoms with E-state index in [1.54, 1.807) is 0 Å². The standard InChI is InChI=1S/C37H50O5Si/c1-25-18-17-19-26(2)32(25)40-35(38)29(5)34-28(4)33(41-37(9,10)42-34)27(3)24-39-43(36(6,7)8,30-20-13-11-14-21-30)31-22-15-12-16-23-31/h11-23,27-29,33-34H,24H2,1-10H3/t27-,28-,29+,33-,34+/m0/s1. The fraction of sp³-hybridized carbons (Fsp3) is 0.486. The highest BCUT2D eigenvalue weighted by atomic mass is 28.4. The maximum Gasteiger partial charge on any atom is 0.316 e. The number of hydrogen-bond donors (Lipinski definition) is 0. The van der Waals surface area contributed by atoms with Crippen LogP contribution in [0.1, 0.15) is 66.5 Å². The molecule has 0 bridgehead atoms. The van der Waals surface area contributed by atoms with Gasteiger partial charge in [-0.2, -0.15) is 0 Å². The lowest BCUT2D eigenvalue weighted by atomic mass is 9.82. The van der Waals surface area contributed by atoms with Crippen molar-refractivity contribution in [3.8, 4) is 5.75 Å². The number of carbonyl (C=O) groups excluding carboxylic acids is 1. The molecule has 0 aromatic heterocycles. The third kappa shape index (κ3) is 6.98. The monoisotopic (exact) mass is 602 g/mol. The molecule has 1 saturated heterocycles. The second-order valence-corrected chi connectivity index (χ2v) is 18.1. The number of rotatable bonds is 9. The number of aryl methyl sites for hydroxylation is 2. The lowest BCUT2D eigenvalue weighted by Crippen LogP contribution is -2.67. The van der Waals surface area contributed by atoms with Gasteiger partial charge in [-0.05, 0) is 61.2 Å². The van der Waals surface area contributed by atoms with Gasteiger partial charge in [-0.3, -0.25) is 4.79 Å². The van der Waals surface area contributed by atoms with Gasteiger partial charge in [0.25, 0.3) is 8.32 Å². The van der Waals surface area contributed by atoms with E-state index in [0.29, 0.717) is 12.4 Å². The van der Waals surface area contributed by atoms with Crippen LogP contribution in [0.15, 0.2) is 78.9 Å². The van der Waals surface area contributed by atoms with Crippen LogP contribution in [0, 0.1) is 31.6 Å². The summed E-state index contributed by atoms with van der Waals surface area (Å²) in [5, 5.41) is 2.39. The summed E-state index contributed by atoms with van der Waals surface area (Å²) in [6.45, 7) is 21.4. The Hall–Kier alpha value is -2.77. The molecule has 0 spiro atoms. The van der Waals surface area contributed by atoms with E-state index in [2.05, 4.69) is 95.3 Å². The molecule has 6 heteroatoms. The van der Waals surface area contributed by atoms with E-state index < -0.39 is 20.0 Å². The molecule has 232 valence electrons. The predicted molar refractivity (Wildman–Crippen MR) is 176 cm³/mol. The topological polar surface area (TPSA) is 54.0 Å². The highest BCUT2D eigenvalue weighted by Gasteiger charge is 2.52. The van der Waals surface area contributed by atoms with E-state index in [9.17, 15) is 4.79 Å². The zero-order valence-corrected chi connectivity index (χ0v) is 28.6. The van der Waals surface area contributed by atoms with Gasteiger partial charge in [0.05, 0.1) is 18.1 Å². The molecular formula is C37H50O5Si. The first kappa shape index (κ1) is 33.1. The normalized spacial score (nSPS) is 22.0. The molecule has 0 saturated carbocycles. The Morgan fingerprint density at radius 3 is 1.81 bits per heavy atom. The fourth-order valence-corrected chi connectivity index (χ4v) is 11.3. The first-order valence-corrected chi connectivity index (χ1v) is 17.5. The zero-order chi connectivity index (χ0) is 31.6. The van der Waals surface area contributed by atoms with Gasteiger partial charge < -0.3 is 18.6 Å². The van der Waals surface area contributed by atoms with Gasteiger partial charge in [-0.25, -0.2) is 0 Å². The van der Waals surface area contributed by atoms with Crippen LogP contribution in [0.2, 0.25) is 5.04 Å². The molecule has 0 unspecified atom stereocenters. The number of para-hydroxylation sites is 1. The van der Waals surface area contributed by atoms with E-state index in [1.807, 2.05) is 52.8 Å². The SMILES string of the molecule is Cc1cccc(C)c1OC(=O)[C@H](C)[C@@H]1OC(C)(C)O[C@@H]([C@@H](C)CO[Si](c2ccccc2)(c2ccccc2)C(C)(C)C)[C@@H]1C. The summed E-state index contributed by atoms with van der Waals surface area (Å²) in [7, 11) is -2.71. The second-order valence-electron chi connectivity index (χ2n) is 13.8. The molecule has 4 rings (SSSR count). The van der Waals surface area contributed by atoms with Gasteiger partial charge in [-0.15, -0.1) is 0 Å². The van der Waals surface area contributed by atoms with Crippen LogP contribution in [0.25, 0.3) is 0 Å². The zero-order valence-electron chi connectivity index (χ0n) is 27.6. The van der Waals surface area contributed by atoms with Crippen molar-refractivity contribution in [2.24, 2.45) is 17.8 Å². The average Bonchev–Trinajstić information content (AvgIpc) is 2.96. The van der Waals surface area contributed by atoms with Crippen LogP contribution >= 0.6 is 0 Å². The molecule has 5 nitrogen and oxygen atoms in total. The van der Waals surface area contributed by atoms with Crippen molar-refractivity contribution in [1.82, 2.24) is 0 Å². The predicted octanol–water partition coefficient (Wildman–Crippen LogP) is 7.21. The Labute approximate surface area is 260 Å². The van der Waals surface area contributed by atoms with Crippen LogP contribution in [0.4, 0.5) is 0 Å². The molecule has 3 aromatic carbocycles. The van der Waals surface area contributed by atoms with E-state index in [1.165, 1.54) is 10.4 Å². The summed E-state index contributed by atoms with van der Waals surface area (Å²) in [6, 6.07) is 27.3. The molecule has 1 fully saturated rings. The Balaban J connectivity index is 1.60. The quantitative estimate of drug-likeness (QED) is 0.147. The second kappa shape index (κ2) is 13.1. The van der Waals surface area contributed by atoms with E-state index in [4.69, 9.17) is 18.6 Å².